The van der Waals surface area contributed by atoms with Gasteiger partial charge in [0.1, 0.15) is 11.5 Å². The second kappa shape index (κ2) is 5.23. The zero-order valence-electron chi connectivity index (χ0n) is 10.1. The summed E-state index contributed by atoms with van der Waals surface area (Å²) in [6.45, 7) is 5.01. The van der Waals surface area contributed by atoms with Crippen LogP contribution in [0.25, 0.3) is 0 Å². The van der Waals surface area contributed by atoms with Gasteiger partial charge in [-0.15, -0.1) is 0 Å². The molecular formula is C12H16F2N2O. The zero-order valence-corrected chi connectivity index (χ0v) is 10.1. The molecule has 0 aliphatic heterocycles. The minimum absolute atomic E-state index is 0.106. The largest absolute Gasteiger partial charge is 0.320 e. The first-order valence-corrected chi connectivity index (χ1v) is 5.35. The summed E-state index contributed by atoms with van der Waals surface area (Å²) in [6.07, 6.45) is 0. The van der Waals surface area contributed by atoms with Gasteiger partial charge < -0.3 is 11.1 Å². The minimum atomic E-state index is -0.808. The van der Waals surface area contributed by atoms with E-state index < -0.39 is 29.3 Å². The van der Waals surface area contributed by atoms with Gasteiger partial charge in [-0.3, -0.25) is 4.79 Å². The number of halogens is 2. The molecule has 0 heterocycles. The summed E-state index contributed by atoms with van der Waals surface area (Å²) in [5, 5.41) is 2.19. The van der Waals surface area contributed by atoms with Crippen LogP contribution in [0.5, 0.6) is 0 Å². The van der Waals surface area contributed by atoms with E-state index >= 15 is 0 Å². The summed E-state index contributed by atoms with van der Waals surface area (Å²) < 4.78 is 27.0. The summed E-state index contributed by atoms with van der Waals surface area (Å²) in [7, 11) is 0. The Balaban J connectivity index is 2.96. The molecule has 0 radical (unpaired) electrons. The maximum Gasteiger partial charge on any atom is 0.241 e. The maximum atomic E-state index is 13.6. The Bertz CT molecular complexity index is 433. The summed E-state index contributed by atoms with van der Waals surface area (Å²) in [5.74, 6) is -2.28. The van der Waals surface area contributed by atoms with Crippen molar-refractivity contribution in [2.75, 3.05) is 5.32 Å². The van der Waals surface area contributed by atoms with Gasteiger partial charge in [0.2, 0.25) is 5.91 Å². The quantitative estimate of drug-likeness (QED) is 0.853. The van der Waals surface area contributed by atoms with E-state index in [-0.39, 0.29) is 11.5 Å². The molecule has 94 valence electrons. The highest BCUT2D eigenvalue weighted by molar-refractivity contribution is 5.95. The third kappa shape index (κ3) is 3.00. The van der Waals surface area contributed by atoms with Crippen LogP contribution in [0.15, 0.2) is 12.1 Å². The van der Waals surface area contributed by atoms with Crippen molar-refractivity contribution in [3.05, 3.63) is 29.3 Å². The third-order valence-electron chi connectivity index (χ3n) is 2.55. The number of carbonyl (C=O) groups excluding carboxylic acids is 1. The van der Waals surface area contributed by atoms with Crippen molar-refractivity contribution in [2.24, 2.45) is 11.7 Å². The molecule has 1 amide bonds. The Morgan fingerprint density at radius 3 is 2.47 bits per heavy atom. The predicted octanol–water partition coefficient (Wildman–Crippen LogP) is 2.20. The Hall–Kier alpha value is -1.49. The van der Waals surface area contributed by atoms with Gasteiger partial charge in [-0.05, 0) is 24.5 Å². The lowest BCUT2D eigenvalue weighted by Crippen LogP contribution is -2.40. The van der Waals surface area contributed by atoms with Crippen molar-refractivity contribution in [2.45, 2.75) is 26.8 Å². The number of nitrogens with one attached hydrogen (secondary N) is 1. The van der Waals surface area contributed by atoms with E-state index in [1.807, 2.05) is 0 Å². The molecule has 1 aromatic rings. The molecule has 0 unspecified atom stereocenters. The zero-order chi connectivity index (χ0) is 13.2. The van der Waals surface area contributed by atoms with Crippen molar-refractivity contribution in [3.63, 3.8) is 0 Å². The molecule has 0 aromatic heterocycles. The van der Waals surface area contributed by atoms with Crippen LogP contribution in [0.2, 0.25) is 0 Å². The molecule has 17 heavy (non-hydrogen) atoms. The Labute approximate surface area is 99.0 Å². The number of amides is 1. The van der Waals surface area contributed by atoms with Crippen molar-refractivity contribution in [1.29, 1.82) is 0 Å². The highest BCUT2D eigenvalue weighted by atomic mass is 19.1. The second-order valence-corrected chi connectivity index (χ2v) is 4.31. The molecule has 0 bridgehead atoms. The lowest BCUT2D eigenvalue weighted by atomic mass is 10.0. The van der Waals surface area contributed by atoms with Crippen molar-refractivity contribution < 1.29 is 13.6 Å². The van der Waals surface area contributed by atoms with Crippen LogP contribution >= 0.6 is 0 Å². The van der Waals surface area contributed by atoms with Gasteiger partial charge in [0.25, 0.3) is 0 Å². The number of nitrogens with two attached hydrogens (primary N) is 1. The van der Waals surface area contributed by atoms with E-state index in [2.05, 4.69) is 5.32 Å². The van der Waals surface area contributed by atoms with E-state index in [0.29, 0.717) is 0 Å². The molecule has 1 atom stereocenters. The monoisotopic (exact) mass is 242 g/mol. The van der Waals surface area contributed by atoms with E-state index in [9.17, 15) is 13.6 Å². The molecule has 0 aliphatic rings. The number of carbonyl (C=O) groups is 1. The van der Waals surface area contributed by atoms with Crippen LogP contribution in [0.3, 0.4) is 0 Å². The average Bonchev–Trinajstić information content (AvgIpc) is 2.28. The number of aryl methyl sites for hydroxylation is 1. The maximum absolute atomic E-state index is 13.6. The van der Waals surface area contributed by atoms with E-state index in [1.54, 1.807) is 13.8 Å². The van der Waals surface area contributed by atoms with Gasteiger partial charge in [0.15, 0.2) is 5.82 Å². The molecule has 1 rings (SSSR count). The fourth-order valence-corrected chi connectivity index (χ4v) is 1.28. The number of anilines is 1. The summed E-state index contributed by atoms with van der Waals surface area (Å²) in [6, 6.07) is 1.62. The lowest BCUT2D eigenvalue weighted by molar-refractivity contribution is -0.118. The van der Waals surface area contributed by atoms with E-state index in [1.165, 1.54) is 13.0 Å². The molecule has 0 saturated heterocycles. The number of rotatable bonds is 3. The fraction of sp³-hybridized carbons (Fsp3) is 0.417. The van der Waals surface area contributed by atoms with Gasteiger partial charge in [-0.25, -0.2) is 8.78 Å². The fourth-order valence-electron chi connectivity index (χ4n) is 1.28. The number of benzene rings is 1. The molecule has 0 spiro atoms. The molecule has 5 heteroatoms. The standard InChI is InChI=1S/C12H16F2N2O/c1-6(2)10(15)12(17)16-11-8(13)5-4-7(3)9(11)14/h4-6,10H,15H2,1-3H3,(H,16,17)/t10-/m1/s1. The van der Waals surface area contributed by atoms with Crippen LogP contribution < -0.4 is 11.1 Å². The Kier molecular flexibility index (Phi) is 4.17. The van der Waals surface area contributed by atoms with Crippen molar-refractivity contribution in [3.8, 4) is 0 Å². The normalized spacial score (nSPS) is 12.6. The molecule has 0 aliphatic carbocycles. The van der Waals surface area contributed by atoms with Gasteiger partial charge in [-0.1, -0.05) is 19.9 Å². The molecule has 0 fully saturated rings. The first-order chi connectivity index (χ1) is 7.84. The van der Waals surface area contributed by atoms with Gasteiger partial charge in [0, 0.05) is 0 Å². The summed E-state index contributed by atoms with van der Waals surface area (Å²) in [4.78, 5) is 11.6. The van der Waals surface area contributed by atoms with Crippen LogP contribution in [0.4, 0.5) is 14.5 Å². The Morgan fingerprint density at radius 2 is 1.94 bits per heavy atom. The van der Waals surface area contributed by atoms with Crippen molar-refractivity contribution >= 4 is 11.6 Å². The highest BCUT2D eigenvalue weighted by Gasteiger charge is 2.20. The van der Waals surface area contributed by atoms with Gasteiger partial charge >= 0.3 is 0 Å². The second-order valence-electron chi connectivity index (χ2n) is 4.31. The predicted molar refractivity (Wildman–Crippen MR) is 62.5 cm³/mol. The topological polar surface area (TPSA) is 55.1 Å². The molecular weight excluding hydrogens is 226 g/mol. The SMILES string of the molecule is Cc1ccc(F)c(NC(=O)[C@H](N)C(C)C)c1F. The van der Waals surface area contributed by atoms with Gasteiger partial charge in [0.05, 0.1) is 6.04 Å². The van der Waals surface area contributed by atoms with Crippen molar-refractivity contribution in [1.82, 2.24) is 0 Å². The first kappa shape index (κ1) is 13.6. The van der Waals surface area contributed by atoms with Gasteiger partial charge in [-0.2, -0.15) is 0 Å². The molecule has 3 nitrogen and oxygen atoms in total. The molecule has 3 N–H and O–H groups in total. The van der Waals surface area contributed by atoms with Crippen LogP contribution in [0.1, 0.15) is 19.4 Å². The van der Waals surface area contributed by atoms with E-state index in [0.717, 1.165) is 6.07 Å². The smallest absolute Gasteiger partial charge is 0.241 e. The summed E-state index contributed by atoms with van der Waals surface area (Å²) in [5.41, 5.74) is 5.41. The highest BCUT2D eigenvalue weighted by Crippen LogP contribution is 2.21. The van der Waals surface area contributed by atoms with Crippen LogP contribution in [-0.4, -0.2) is 11.9 Å². The summed E-state index contributed by atoms with van der Waals surface area (Å²) >= 11 is 0. The van der Waals surface area contributed by atoms with Crippen LogP contribution in [0, 0.1) is 24.5 Å². The first-order valence-electron chi connectivity index (χ1n) is 5.35. The molecule has 1 aromatic carbocycles. The average molecular weight is 242 g/mol. The Morgan fingerprint density at radius 1 is 1.35 bits per heavy atom. The van der Waals surface area contributed by atoms with Crippen LogP contribution in [-0.2, 0) is 4.79 Å². The minimum Gasteiger partial charge on any atom is -0.320 e. The number of hydrogen-bond acceptors (Lipinski definition) is 2. The third-order valence-corrected chi connectivity index (χ3v) is 2.55. The van der Waals surface area contributed by atoms with E-state index in [4.69, 9.17) is 5.73 Å². The lowest BCUT2D eigenvalue weighted by Gasteiger charge is -2.16. The number of hydrogen-bond donors (Lipinski definition) is 2. The molecule has 0 saturated carbocycles.